The average molecular weight is 280 g/mol. The van der Waals surface area contributed by atoms with E-state index >= 15 is 0 Å². The van der Waals surface area contributed by atoms with Crippen LogP contribution in [0.25, 0.3) is 0 Å². The van der Waals surface area contributed by atoms with Crippen LogP contribution >= 0.6 is 0 Å². The van der Waals surface area contributed by atoms with Gasteiger partial charge in [-0.05, 0) is 6.42 Å². The molecule has 0 aromatic carbocycles. The van der Waals surface area contributed by atoms with Crippen molar-refractivity contribution in [2.45, 2.75) is 19.9 Å². The molecule has 0 radical (unpaired) electrons. The molecule has 0 saturated carbocycles. The Kier molecular flexibility index (Phi) is 4.02. The number of amides is 2. The van der Waals surface area contributed by atoms with E-state index in [2.05, 4.69) is 5.32 Å². The van der Waals surface area contributed by atoms with Crippen LogP contribution in [0.5, 0.6) is 0 Å². The van der Waals surface area contributed by atoms with E-state index in [0.717, 1.165) is 6.42 Å². The van der Waals surface area contributed by atoms with Gasteiger partial charge in [0.05, 0.1) is 17.7 Å². The fourth-order valence-corrected chi connectivity index (χ4v) is 2.17. The number of nitrogens with one attached hydrogen (secondary N) is 1. The molecule has 108 valence electrons. The molecule has 8 nitrogen and oxygen atoms in total. The highest BCUT2D eigenvalue weighted by atomic mass is 16.6. The second kappa shape index (κ2) is 5.72. The number of nitrogens with zero attached hydrogens (tertiary/aromatic N) is 3. The van der Waals surface area contributed by atoms with Crippen molar-refractivity contribution in [3.05, 3.63) is 28.1 Å². The predicted octanol–water partition coefficient (Wildman–Crippen LogP) is 0.378. The fraction of sp³-hybridized carbons (Fsp3) is 0.500. The van der Waals surface area contributed by atoms with E-state index in [1.165, 1.54) is 17.2 Å². The van der Waals surface area contributed by atoms with Gasteiger partial charge in [0.25, 0.3) is 11.6 Å². The van der Waals surface area contributed by atoms with Crippen molar-refractivity contribution >= 4 is 17.5 Å². The third-order valence-electron chi connectivity index (χ3n) is 3.10. The summed E-state index contributed by atoms with van der Waals surface area (Å²) in [6, 6.07) is 1.27. The molecule has 2 heterocycles. The first kappa shape index (κ1) is 14.0. The van der Waals surface area contributed by atoms with E-state index in [1.54, 1.807) is 4.57 Å². The lowest BCUT2D eigenvalue weighted by Crippen LogP contribution is -2.50. The van der Waals surface area contributed by atoms with Gasteiger partial charge in [-0.15, -0.1) is 0 Å². The van der Waals surface area contributed by atoms with Crippen molar-refractivity contribution in [1.29, 1.82) is 0 Å². The third kappa shape index (κ3) is 2.79. The molecule has 2 rings (SSSR count). The normalized spacial score (nSPS) is 15.1. The number of aryl methyl sites for hydroxylation is 1. The monoisotopic (exact) mass is 280 g/mol. The van der Waals surface area contributed by atoms with Gasteiger partial charge in [-0.2, -0.15) is 0 Å². The SMILES string of the molecule is CCCn1cc([N+](=O)[O-])cc1C(=O)N1CCNC(=O)C1. The topological polar surface area (TPSA) is 97.5 Å². The van der Waals surface area contributed by atoms with Gasteiger partial charge in [0.2, 0.25) is 5.91 Å². The van der Waals surface area contributed by atoms with E-state index in [1.807, 2.05) is 6.92 Å². The van der Waals surface area contributed by atoms with Crippen molar-refractivity contribution in [1.82, 2.24) is 14.8 Å². The molecule has 0 aliphatic carbocycles. The van der Waals surface area contributed by atoms with E-state index in [-0.39, 0.29) is 29.7 Å². The minimum Gasteiger partial charge on any atom is -0.353 e. The molecule has 0 atom stereocenters. The highest BCUT2D eigenvalue weighted by Crippen LogP contribution is 2.19. The first-order valence-electron chi connectivity index (χ1n) is 6.43. The zero-order valence-corrected chi connectivity index (χ0v) is 11.2. The minimum atomic E-state index is -0.522. The van der Waals surface area contributed by atoms with Crippen LogP contribution in [0.15, 0.2) is 12.3 Å². The summed E-state index contributed by atoms with van der Waals surface area (Å²) in [5.74, 6) is -0.561. The van der Waals surface area contributed by atoms with Crippen molar-refractivity contribution in [3.63, 3.8) is 0 Å². The largest absolute Gasteiger partial charge is 0.353 e. The van der Waals surface area contributed by atoms with Crippen molar-refractivity contribution < 1.29 is 14.5 Å². The molecule has 20 heavy (non-hydrogen) atoms. The van der Waals surface area contributed by atoms with E-state index in [9.17, 15) is 19.7 Å². The molecule has 2 amide bonds. The van der Waals surface area contributed by atoms with E-state index in [0.29, 0.717) is 19.6 Å². The number of hydrogen-bond acceptors (Lipinski definition) is 4. The quantitative estimate of drug-likeness (QED) is 0.636. The molecule has 1 aromatic heterocycles. The van der Waals surface area contributed by atoms with Crippen LogP contribution in [0.4, 0.5) is 5.69 Å². The Labute approximate surface area is 115 Å². The highest BCUT2D eigenvalue weighted by molar-refractivity contribution is 5.96. The van der Waals surface area contributed by atoms with Crippen molar-refractivity contribution in [2.75, 3.05) is 19.6 Å². The summed E-state index contributed by atoms with van der Waals surface area (Å²) in [4.78, 5) is 35.4. The molecular formula is C12H16N4O4. The smallest absolute Gasteiger partial charge is 0.287 e. The number of piperazine rings is 1. The molecule has 1 aromatic rings. The second-order valence-corrected chi connectivity index (χ2v) is 4.61. The van der Waals surface area contributed by atoms with Crippen molar-refractivity contribution in [2.24, 2.45) is 0 Å². The van der Waals surface area contributed by atoms with Crippen LogP contribution in [-0.2, 0) is 11.3 Å². The maximum atomic E-state index is 12.4. The molecule has 8 heteroatoms. The average Bonchev–Trinajstić information content (AvgIpc) is 2.82. The summed E-state index contributed by atoms with van der Waals surface area (Å²) in [5.41, 5.74) is 0.150. The van der Waals surface area contributed by atoms with E-state index in [4.69, 9.17) is 0 Å². The predicted molar refractivity (Wildman–Crippen MR) is 70.3 cm³/mol. The van der Waals surface area contributed by atoms with Gasteiger partial charge in [-0.1, -0.05) is 6.92 Å². The lowest BCUT2D eigenvalue weighted by molar-refractivity contribution is -0.384. The summed E-state index contributed by atoms with van der Waals surface area (Å²) in [7, 11) is 0. The van der Waals surface area contributed by atoms with Gasteiger partial charge >= 0.3 is 0 Å². The summed E-state index contributed by atoms with van der Waals surface area (Å²) < 4.78 is 1.58. The van der Waals surface area contributed by atoms with Gasteiger partial charge in [-0.3, -0.25) is 19.7 Å². The number of carbonyl (C=O) groups excluding carboxylic acids is 2. The zero-order valence-electron chi connectivity index (χ0n) is 11.2. The molecule has 1 fully saturated rings. The second-order valence-electron chi connectivity index (χ2n) is 4.61. The zero-order chi connectivity index (χ0) is 14.7. The number of nitro groups is 1. The molecule has 1 aliphatic heterocycles. The molecule has 1 saturated heterocycles. The van der Waals surface area contributed by atoms with Crippen LogP contribution < -0.4 is 5.32 Å². The van der Waals surface area contributed by atoms with Gasteiger partial charge < -0.3 is 14.8 Å². The number of carbonyl (C=O) groups is 2. The summed E-state index contributed by atoms with van der Waals surface area (Å²) in [6.07, 6.45) is 2.12. The van der Waals surface area contributed by atoms with Crippen LogP contribution in [0, 0.1) is 10.1 Å². The van der Waals surface area contributed by atoms with E-state index < -0.39 is 4.92 Å². The maximum absolute atomic E-state index is 12.4. The molecule has 0 bridgehead atoms. The lowest BCUT2D eigenvalue weighted by Gasteiger charge is -2.26. The summed E-state index contributed by atoms with van der Waals surface area (Å²) in [6.45, 7) is 3.25. The molecular weight excluding hydrogens is 264 g/mol. The lowest BCUT2D eigenvalue weighted by atomic mass is 10.3. The van der Waals surface area contributed by atoms with Gasteiger partial charge in [0.15, 0.2) is 0 Å². The molecule has 0 unspecified atom stereocenters. The highest BCUT2D eigenvalue weighted by Gasteiger charge is 2.26. The third-order valence-corrected chi connectivity index (χ3v) is 3.10. The number of hydrogen-bond donors (Lipinski definition) is 1. The Balaban J connectivity index is 2.27. The van der Waals surface area contributed by atoms with Gasteiger partial charge in [0.1, 0.15) is 5.69 Å². The van der Waals surface area contributed by atoms with Gasteiger partial charge in [-0.25, -0.2) is 0 Å². The Morgan fingerprint density at radius 1 is 1.55 bits per heavy atom. The molecule has 1 N–H and O–H groups in total. The minimum absolute atomic E-state index is 0.00998. The maximum Gasteiger partial charge on any atom is 0.287 e. The Hall–Kier alpha value is -2.38. The Morgan fingerprint density at radius 2 is 2.30 bits per heavy atom. The van der Waals surface area contributed by atoms with Crippen LogP contribution in [-0.4, -0.2) is 45.8 Å². The number of rotatable bonds is 4. The van der Waals surface area contributed by atoms with Crippen LogP contribution in [0.1, 0.15) is 23.8 Å². The Bertz CT molecular complexity index is 552. The molecule has 1 aliphatic rings. The van der Waals surface area contributed by atoms with Crippen molar-refractivity contribution in [3.8, 4) is 0 Å². The summed E-state index contributed by atoms with van der Waals surface area (Å²) in [5, 5.41) is 13.5. The first-order valence-corrected chi connectivity index (χ1v) is 6.43. The fourth-order valence-electron chi connectivity index (χ4n) is 2.17. The molecule has 0 spiro atoms. The van der Waals surface area contributed by atoms with Crippen LogP contribution in [0.2, 0.25) is 0 Å². The first-order chi connectivity index (χ1) is 9.52. The number of aromatic nitrogens is 1. The Morgan fingerprint density at radius 3 is 2.90 bits per heavy atom. The standard InChI is InChI=1S/C12H16N4O4/c1-2-4-14-7-9(16(19)20)6-10(14)12(18)15-5-3-13-11(17)8-15/h6-7H,2-5,8H2,1H3,(H,13,17). The van der Waals surface area contributed by atoms with Crippen LogP contribution in [0.3, 0.4) is 0 Å². The van der Waals surface area contributed by atoms with Gasteiger partial charge in [0, 0.05) is 25.7 Å². The summed E-state index contributed by atoms with van der Waals surface area (Å²) >= 11 is 0.